The van der Waals surface area contributed by atoms with Crippen LogP contribution in [-0.2, 0) is 9.59 Å². The molecule has 0 N–H and O–H groups in total. The summed E-state index contributed by atoms with van der Waals surface area (Å²) in [4.78, 5) is 33.8. The fraction of sp³-hybridized carbons (Fsp3) is 0.190. The predicted octanol–water partition coefficient (Wildman–Crippen LogP) is 4.82. The number of aromatic nitrogens is 1. The highest BCUT2D eigenvalue weighted by molar-refractivity contribution is 7.14. The van der Waals surface area contributed by atoms with E-state index in [2.05, 4.69) is 4.98 Å². The molecule has 5 nitrogen and oxygen atoms in total. The van der Waals surface area contributed by atoms with Crippen molar-refractivity contribution >= 4 is 51.3 Å². The quantitative estimate of drug-likeness (QED) is 0.618. The van der Waals surface area contributed by atoms with Gasteiger partial charge in [0.15, 0.2) is 5.13 Å². The van der Waals surface area contributed by atoms with Crippen LogP contribution in [0, 0.1) is 12.8 Å². The van der Waals surface area contributed by atoms with Gasteiger partial charge >= 0.3 is 0 Å². The second-order valence-electron chi connectivity index (χ2n) is 6.64. The number of halogens is 1. The van der Waals surface area contributed by atoms with Crippen LogP contribution < -0.4 is 9.80 Å². The van der Waals surface area contributed by atoms with Crippen molar-refractivity contribution in [3.05, 3.63) is 70.7 Å². The summed E-state index contributed by atoms with van der Waals surface area (Å²) in [7, 11) is 0. The van der Waals surface area contributed by atoms with Crippen LogP contribution in [0.2, 0.25) is 5.02 Å². The minimum absolute atomic E-state index is 0.102. The SMILES string of the molecule is Cc1csc(N(C(=O)[C@@H]2CC(=O)N(c3ccccc3Cl)C2)c2ccccc2)n1. The van der Waals surface area contributed by atoms with Gasteiger partial charge in [-0.25, -0.2) is 4.98 Å². The smallest absolute Gasteiger partial charge is 0.238 e. The zero-order valence-corrected chi connectivity index (χ0v) is 16.8. The lowest BCUT2D eigenvalue weighted by Crippen LogP contribution is -2.34. The highest BCUT2D eigenvalue weighted by Crippen LogP contribution is 2.35. The van der Waals surface area contributed by atoms with Gasteiger partial charge in [0.2, 0.25) is 11.8 Å². The van der Waals surface area contributed by atoms with Crippen molar-refractivity contribution in [2.45, 2.75) is 13.3 Å². The lowest BCUT2D eigenvalue weighted by molar-refractivity contribution is -0.123. The van der Waals surface area contributed by atoms with Crippen LogP contribution >= 0.6 is 22.9 Å². The molecule has 2 aromatic carbocycles. The lowest BCUT2D eigenvalue weighted by Gasteiger charge is -2.23. The van der Waals surface area contributed by atoms with Crippen molar-refractivity contribution in [2.24, 2.45) is 5.92 Å². The van der Waals surface area contributed by atoms with Crippen molar-refractivity contribution in [3.63, 3.8) is 0 Å². The van der Waals surface area contributed by atoms with Crippen molar-refractivity contribution in [2.75, 3.05) is 16.3 Å². The zero-order valence-electron chi connectivity index (χ0n) is 15.2. The average Bonchev–Trinajstić information content (AvgIpc) is 3.29. The Balaban J connectivity index is 1.65. The van der Waals surface area contributed by atoms with E-state index in [1.807, 2.05) is 54.8 Å². The van der Waals surface area contributed by atoms with Gasteiger partial charge in [-0.15, -0.1) is 11.3 Å². The van der Waals surface area contributed by atoms with Crippen molar-refractivity contribution in [1.29, 1.82) is 0 Å². The molecule has 1 fully saturated rings. The first-order chi connectivity index (χ1) is 13.5. The van der Waals surface area contributed by atoms with E-state index < -0.39 is 5.92 Å². The molecule has 0 saturated carbocycles. The maximum atomic E-state index is 13.4. The van der Waals surface area contributed by atoms with E-state index in [4.69, 9.17) is 11.6 Å². The number of nitrogens with zero attached hydrogens (tertiary/aromatic N) is 3. The number of carbonyl (C=O) groups is 2. The number of aryl methyl sites for hydroxylation is 1. The van der Waals surface area contributed by atoms with Gasteiger partial charge in [-0.3, -0.25) is 14.5 Å². The summed E-state index contributed by atoms with van der Waals surface area (Å²) in [6.07, 6.45) is 0.151. The number of hydrogen-bond acceptors (Lipinski definition) is 4. The van der Waals surface area contributed by atoms with Crippen molar-refractivity contribution in [1.82, 2.24) is 4.98 Å². The third-order valence-electron chi connectivity index (χ3n) is 4.65. The Bertz CT molecular complexity index is 1020. The number of anilines is 3. The van der Waals surface area contributed by atoms with Crippen LogP contribution in [0.3, 0.4) is 0 Å². The molecule has 3 aromatic rings. The molecular weight excluding hydrogens is 394 g/mol. The summed E-state index contributed by atoms with van der Waals surface area (Å²) in [5.41, 5.74) is 2.24. The molecule has 1 atom stereocenters. The number of carbonyl (C=O) groups excluding carboxylic acids is 2. The number of para-hydroxylation sites is 2. The summed E-state index contributed by atoms with van der Waals surface area (Å²) in [5.74, 6) is -0.702. The summed E-state index contributed by atoms with van der Waals surface area (Å²) in [6, 6.07) is 16.6. The van der Waals surface area contributed by atoms with Crippen LogP contribution in [0.1, 0.15) is 12.1 Å². The molecule has 142 valence electrons. The Morgan fingerprint density at radius 3 is 2.57 bits per heavy atom. The van der Waals surface area contributed by atoms with Crippen LogP contribution in [0.4, 0.5) is 16.5 Å². The molecule has 7 heteroatoms. The first-order valence-corrected chi connectivity index (χ1v) is 10.2. The van der Waals surface area contributed by atoms with Crippen LogP contribution in [0.15, 0.2) is 60.0 Å². The number of thiazole rings is 1. The molecule has 1 aromatic heterocycles. The normalized spacial score (nSPS) is 16.4. The van der Waals surface area contributed by atoms with E-state index in [0.29, 0.717) is 22.4 Å². The molecule has 28 heavy (non-hydrogen) atoms. The number of benzene rings is 2. The first-order valence-electron chi connectivity index (χ1n) is 8.90. The van der Waals surface area contributed by atoms with Crippen LogP contribution in [0.25, 0.3) is 0 Å². The molecule has 0 radical (unpaired) electrons. The molecule has 4 rings (SSSR count). The average molecular weight is 412 g/mol. The van der Waals surface area contributed by atoms with Gasteiger partial charge in [-0.1, -0.05) is 41.9 Å². The number of amides is 2. The van der Waals surface area contributed by atoms with Gasteiger partial charge < -0.3 is 4.90 Å². The number of rotatable bonds is 4. The summed E-state index contributed by atoms with van der Waals surface area (Å²) in [6.45, 7) is 2.20. The molecule has 2 amide bonds. The van der Waals surface area contributed by atoms with E-state index in [0.717, 1.165) is 11.4 Å². The molecule has 1 saturated heterocycles. The zero-order chi connectivity index (χ0) is 19.7. The van der Waals surface area contributed by atoms with Gasteiger partial charge in [-0.05, 0) is 31.2 Å². The minimum atomic E-state index is -0.465. The third-order valence-corrected chi connectivity index (χ3v) is 5.91. The van der Waals surface area contributed by atoms with E-state index in [1.165, 1.54) is 11.3 Å². The maximum Gasteiger partial charge on any atom is 0.238 e. The molecular formula is C21H18ClN3O2S. The Labute approximate surface area is 172 Å². The minimum Gasteiger partial charge on any atom is -0.310 e. The van der Waals surface area contributed by atoms with E-state index in [-0.39, 0.29) is 18.2 Å². The van der Waals surface area contributed by atoms with Crippen molar-refractivity contribution in [3.8, 4) is 0 Å². The Hall–Kier alpha value is -2.70. The highest BCUT2D eigenvalue weighted by atomic mass is 35.5. The molecule has 1 aliphatic rings. The van der Waals surface area contributed by atoms with Crippen LogP contribution in [-0.4, -0.2) is 23.3 Å². The van der Waals surface area contributed by atoms with Gasteiger partial charge in [-0.2, -0.15) is 0 Å². The van der Waals surface area contributed by atoms with E-state index in [1.54, 1.807) is 21.9 Å². The van der Waals surface area contributed by atoms with Gasteiger partial charge in [0.05, 0.1) is 28.0 Å². The molecule has 0 bridgehead atoms. The lowest BCUT2D eigenvalue weighted by atomic mass is 10.1. The fourth-order valence-electron chi connectivity index (χ4n) is 3.31. The van der Waals surface area contributed by atoms with Crippen molar-refractivity contribution < 1.29 is 9.59 Å². The molecule has 2 heterocycles. The predicted molar refractivity (Wildman–Crippen MR) is 112 cm³/mol. The second kappa shape index (κ2) is 7.73. The largest absolute Gasteiger partial charge is 0.310 e. The summed E-state index contributed by atoms with van der Waals surface area (Å²) < 4.78 is 0. The standard InChI is InChI=1S/C21H18ClN3O2S/c1-14-13-28-21(23-14)25(16-7-3-2-4-8-16)20(27)15-11-19(26)24(12-15)18-10-6-5-9-17(18)22/h2-10,13,15H,11-12H2,1H3/t15-/m1/s1. The number of hydrogen-bond donors (Lipinski definition) is 0. The van der Waals surface area contributed by atoms with Gasteiger partial charge in [0.1, 0.15) is 0 Å². The fourth-order valence-corrected chi connectivity index (χ4v) is 4.38. The van der Waals surface area contributed by atoms with Crippen LogP contribution in [0.5, 0.6) is 0 Å². The van der Waals surface area contributed by atoms with E-state index >= 15 is 0 Å². The molecule has 1 aliphatic heterocycles. The highest BCUT2D eigenvalue weighted by Gasteiger charge is 2.39. The second-order valence-corrected chi connectivity index (χ2v) is 7.88. The Morgan fingerprint density at radius 1 is 1.18 bits per heavy atom. The molecule has 0 spiro atoms. The topological polar surface area (TPSA) is 53.5 Å². The van der Waals surface area contributed by atoms with E-state index in [9.17, 15) is 9.59 Å². The van der Waals surface area contributed by atoms with Gasteiger partial charge in [0.25, 0.3) is 0 Å². The maximum absolute atomic E-state index is 13.4. The Morgan fingerprint density at radius 2 is 1.89 bits per heavy atom. The third kappa shape index (κ3) is 3.53. The first kappa shape index (κ1) is 18.7. The Kier molecular flexibility index (Phi) is 5.15. The van der Waals surface area contributed by atoms with Gasteiger partial charge in [0, 0.05) is 18.3 Å². The monoisotopic (exact) mass is 411 g/mol. The molecule has 0 unspecified atom stereocenters. The summed E-state index contributed by atoms with van der Waals surface area (Å²) >= 11 is 7.67. The summed E-state index contributed by atoms with van der Waals surface area (Å²) in [5, 5.41) is 3.02. The molecule has 0 aliphatic carbocycles.